The average molecular weight is 274 g/mol. The van der Waals surface area contributed by atoms with E-state index in [1.54, 1.807) is 0 Å². The molecule has 3 heteroatoms. The zero-order valence-corrected chi connectivity index (χ0v) is 11.8. The predicted molar refractivity (Wildman–Crippen MR) is 78.5 cm³/mol. The van der Waals surface area contributed by atoms with Crippen LogP contribution >= 0.6 is 11.6 Å². The lowest BCUT2D eigenvalue weighted by Gasteiger charge is -2.10. The predicted octanol–water partition coefficient (Wildman–Crippen LogP) is 3.89. The Bertz CT molecular complexity index is 607. The molecule has 0 aliphatic carbocycles. The van der Waals surface area contributed by atoms with Crippen molar-refractivity contribution in [1.29, 1.82) is 0 Å². The largest absolute Gasteiger partial charge is 0.348 e. The Morgan fingerprint density at radius 3 is 2.58 bits per heavy atom. The lowest BCUT2D eigenvalue weighted by molar-refractivity contribution is 0.0950. The molecular weight excluding hydrogens is 258 g/mol. The fourth-order valence-electron chi connectivity index (χ4n) is 1.91. The zero-order chi connectivity index (χ0) is 13.8. The van der Waals surface area contributed by atoms with Crippen molar-refractivity contribution >= 4 is 17.5 Å². The second-order valence-electron chi connectivity index (χ2n) is 4.52. The van der Waals surface area contributed by atoms with Crippen molar-refractivity contribution < 1.29 is 4.79 Å². The quantitative estimate of drug-likeness (QED) is 0.903. The molecule has 2 rings (SSSR count). The van der Waals surface area contributed by atoms with E-state index in [1.165, 1.54) is 0 Å². The summed E-state index contributed by atoms with van der Waals surface area (Å²) in [7, 11) is 0. The third kappa shape index (κ3) is 3.15. The van der Waals surface area contributed by atoms with Crippen LogP contribution in [0.5, 0.6) is 0 Å². The number of carbonyl (C=O) groups excluding carboxylic acids is 1. The Kier molecular flexibility index (Phi) is 4.23. The first-order valence-electron chi connectivity index (χ1n) is 6.17. The molecule has 2 nitrogen and oxygen atoms in total. The highest BCUT2D eigenvalue weighted by molar-refractivity contribution is 6.31. The van der Waals surface area contributed by atoms with E-state index in [0.29, 0.717) is 17.1 Å². The molecule has 0 aliphatic heterocycles. The number of nitrogens with one attached hydrogen (secondary N) is 1. The van der Waals surface area contributed by atoms with Crippen LogP contribution in [-0.2, 0) is 6.54 Å². The number of rotatable bonds is 3. The van der Waals surface area contributed by atoms with Crippen LogP contribution in [0.15, 0.2) is 42.5 Å². The molecule has 0 atom stereocenters. The molecule has 0 fully saturated rings. The second kappa shape index (κ2) is 5.89. The van der Waals surface area contributed by atoms with Gasteiger partial charge in [0.2, 0.25) is 0 Å². The molecule has 0 aromatic heterocycles. The Morgan fingerprint density at radius 1 is 1.11 bits per heavy atom. The van der Waals surface area contributed by atoms with Crippen molar-refractivity contribution in [2.45, 2.75) is 20.4 Å². The van der Waals surface area contributed by atoms with E-state index in [2.05, 4.69) is 5.32 Å². The van der Waals surface area contributed by atoms with Gasteiger partial charge in [0.15, 0.2) is 0 Å². The molecule has 2 aromatic carbocycles. The van der Waals surface area contributed by atoms with Crippen LogP contribution in [0.3, 0.4) is 0 Å². The highest BCUT2D eigenvalue weighted by Crippen LogP contribution is 2.16. The lowest BCUT2D eigenvalue weighted by Crippen LogP contribution is -2.23. The minimum Gasteiger partial charge on any atom is -0.348 e. The van der Waals surface area contributed by atoms with Gasteiger partial charge in [-0.25, -0.2) is 0 Å². The molecule has 1 amide bonds. The summed E-state index contributed by atoms with van der Waals surface area (Å²) in [4.78, 5) is 12.1. The van der Waals surface area contributed by atoms with Gasteiger partial charge in [0.1, 0.15) is 0 Å². The maximum atomic E-state index is 12.1. The number of hydrogen-bond acceptors (Lipinski definition) is 1. The van der Waals surface area contributed by atoms with Gasteiger partial charge in [-0.15, -0.1) is 0 Å². The second-order valence-corrected chi connectivity index (χ2v) is 4.93. The Balaban J connectivity index is 2.10. The molecule has 2 aromatic rings. The lowest BCUT2D eigenvalue weighted by atomic mass is 10.0. The topological polar surface area (TPSA) is 29.1 Å². The van der Waals surface area contributed by atoms with E-state index in [0.717, 1.165) is 16.7 Å². The first-order chi connectivity index (χ1) is 9.09. The van der Waals surface area contributed by atoms with E-state index >= 15 is 0 Å². The Labute approximate surface area is 118 Å². The van der Waals surface area contributed by atoms with E-state index in [1.807, 2.05) is 56.3 Å². The van der Waals surface area contributed by atoms with Gasteiger partial charge in [-0.1, -0.05) is 41.9 Å². The van der Waals surface area contributed by atoms with Gasteiger partial charge in [0.25, 0.3) is 5.91 Å². The van der Waals surface area contributed by atoms with E-state index < -0.39 is 0 Å². The molecule has 0 radical (unpaired) electrons. The van der Waals surface area contributed by atoms with Gasteiger partial charge in [-0.3, -0.25) is 4.79 Å². The fraction of sp³-hybridized carbons (Fsp3) is 0.188. The first kappa shape index (κ1) is 13.6. The molecule has 0 aliphatic rings. The average Bonchev–Trinajstić information content (AvgIpc) is 2.40. The van der Waals surface area contributed by atoms with Gasteiger partial charge in [0, 0.05) is 17.1 Å². The summed E-state index contributed by atoms with van der Waals surface area (Å²) in [5.41, 5.74) is 3.76. The fourth-order valence-corrected chi connectivity index (χ4v) is 2.11. The van der Waals surface area contributed by atoms with E-state index in [9.17, 15) is 4.79 Å². The molecule has 0 heterocycles. The van der Waals surface area contributed by atoms with Crippen LogP contribution < -0.4 is 5.32 Å². The van der Waals surface area contributed by atoms with Gasteiger partial charge in [0.05, 0.1) is 0 Å². The standard InChI is InChI=1S/C16H16ClNO/c1-11-6-5-8-14(12(11)2)16(19)18-10-13-7-3-4-9-15(13)17/h3-9H,10H2,1-2H3,(H,18,19). The van der Waals surface area contributed by atoms with Crippen molar-refractivity contribution in [3.8, 4) is 0 Å². The van der Waals surface area contributed by atoms with Gasteiger partial charge in [-0.05, 0) is 42.7 Å². The highest BCUT2D eigenvalue weighted by atomic mass is 35.5. The third-order valence-electron chi connectivity index (χ3n) is 3.25. The number of hydrogen-bond donors (Lipinski definition) is 1. The van der Waals surface area contributed by atoms with Crippen LogP contribution in [0.4, 0.5) is 0 Å². The van der Waals surface area contributed by atoms with Crippen molar-refractivity contribution in [2.24, 2.45) is 0 Å². The molecular formula is C16H16ClNO. The van der Waals surface area contributed by atoms with Gasteiger partial charge >= 0.3 is 0 Å². The summed E-state index contributed by atoms with van der Waals surface area (Å²) < 4.78 is 0. The van der Waals surface area contributed by atoms with Gasteiger partial charge in [-0.2, -0.15) is 0 Å². The summed E-state index contributed by atoms with van der Waals surface area (Å²) in [6.45, 7) is 4.39. The third-order valence-corrected chi connectivity index (χ3v) is 3.62. The van der Waals surface area contributed by atoms with Crippen molar-refractivity contribution in [1.82, 2.24) is 5.32 Å². The molecule has 1 N–H and O–H groups in total. The number of halogens is 1. The molecule has 19 heavy (non-hydrogen) atoms. The minimum absolute atomic E-state index is 0.0684. The molecule has 0 spiro atoms. The molecule has 0 bridgehead atoms. The van der Waals surface area contributed by atoms with Crippen LogP contribution in [-0.4, -0.2) is 5.91 Å². The number of aryl methyl sites for hydroxylation is 1. The normalized spacial score (nSPS) is 10.3. The first-order valence-corrected chi connectivity index (χ1v) is 6.55. The van der Waals surface area contributed by atoms with Crippen molar-refractivity contribution in [3.63, 3.8) is 0 Å². The monoisotopic (exact) mass is 273 g/mol. The van der Waals surface area contributed by atoms with Crippen LogP contribution in [0.25, 0.3) is 0 Å². The Morgan fingerprint density at radius 2 is 1.84 bits per heavy atom. The van der Waals surface area contributed by atoms with Crippen molar-refractivity contribution in [3.05, 3.63) is 69.7 Å². The number of amides is 1. The van der Waals surface area contributed by atoms with Crippen LogP contribution in [0, 0.1) is 13.8 Å². The number of benzene rings is 2. The maximum Gasteiger partial charge on any atom is 0.251 e. The smallest absolute Gasteiger partial charge is 0.251 e. The summed E-state index contributed by atoms with van der Waals surface area (Å²) in [6, 6.07) is 13.2. The van der Waals surface area contributed by atoms with E-state index in [-0.39, 0.29) is 5.91 Å². The highest BCUT2D eigenvalue weighted by Gasteiger charge is 2.10. The summed E-state index contributed by atoms with van der Waals surface area (Å²) in [5.74, 6) is -0.0684. The maximum absolute atomic E-state index is 12.1. The van der Waals surface area contributed by atoms with Crippen LogP contribution in [0.1, 0.15) is 27.0 Å². The van der Waals surface area contributed by atoms with Gasteiger partial charge < -0.3 is 5.32 Å². The molecule has 98 valence electrons. The molecule has 0 saturated heterocycles. The summed E-state index contributed by atoms with van der Waals surface area (Å²) in [5, 5.41) is 3.57. The Hall–Kier alpha value is -1.80. The van der Waals surface area contributed by atoms with Crippen molar-refractivity contribution in [2.75, 3.05) is 0 Å². The molecule has 0 unspecified atom stereocenters. The molecule has 0 saturated carbocycles. The zero-order valence-electron chi connectivity index (χ0n) is 11.0. The SMILES string of the molecule is Cc1cccc(C(=O)NCc2ccccc2Cl)c1C. The number of carbonyl (C=O) groups is 1. The summed E-state index contributed by atoms with van der Waals surface area (Å²) >= 11 is 6.06. The van der Waals surface area contributed by atoms with Crippen LogP contribution in [0.2, 0.25) is 5.02 Å². The van der Waals surface area contributed by atoms with E-state index in [4.69, 9.17) is 11.6 Å². The minimum atomic E-state index is -0.0684. The summed E-state index contributed by atoms with van der Waals surface area (Å²) in [6.07, 6.45) is 0.